The zero-order valence-electron chi connectivity index (χ0n) is 12.7. The Balaban J connectivity index is 1.95. The molecule has 0 aromatic carbocycles. The SMILES string of the molecule is CCNC(CCc1ccco1)Cc1cc(CC)nn1C. The minimum Gasteiger partial charge on any atom is -0.469 e. The average Bonchev–Trinajstić information content (AvgIpc) is 3.06. The van der Waals surface area contributed by atoms with Crippen LogP contribution in [0.5, 0.6) is 0 Å². The molecule has 2 aromatic rings. The summed E-state index contributed by atoms with van der Waals surface area (Å²) in [5.41, 5.74) is 2.47. The molecule has 0 spiro atoms. The molecule has 0 saturated heterocycles. The van der Waals surface area contributed by atoms with Gasteiger partial charge in [-0.2, -0.15) is 5.10 Å². The van der Waals surface area contributed by atoms with Crippen molar-refractivity contribution in [2.24, 2.45) is 7.05 Å². The summed E-state index contributed by atoms with van der Waals surface area (Å²) in [6, 6.07) is 6.68. The zero-order valence-corrected chi connectivity index (χ0v) is 12.7. The van der Waals surface area contributed by atoms with E-state index >= 15 is 0 Å². The highest BCUT2D eigenvalue weighted by Crippen LogP contribution is 2.12. The van der Waals surface area contributed by atoms with Crippen LogP contribution in [0.25, 0.3) is 0 Å². The van der Waals surface area contributed by atoms with E-state index in [2.05, 4.69) is 30.3 Å². The molecule has 1 atom stereocenters. The van der Waals surface area contributed by atoms with Gasteiger partial charge in [-0.3, -0.25) is 4.68 Å². The van der Waals surface area contributed by atoms with E-state index in [0.717, 1.165) is 38.0 Å². The van der Waals surface area contributed by atoms with E-state index in [0.29, 0.717) is 6.04 Å². The van der Waals surface area contributed by atoms with Gasteiger partial charge < -0.3 is 9.73 Å². The van der Waals surface area contributed by atoms with Crippen LogP contribution in [0.4, 0.5) is 0 Å². The number of likely N-dealkylation sites (N-methyl/N-ethyl adjacent to an activating group) is 1. The molecule has 110 valence electrons. The van der Waals surface area contributed by atoms with Crippen molar-refractivity contribution < 1.29 is 4.42 Å². The third-order valence-electron chi connectivity index (χ3n) is 3.66. The second-order valence-corrected chi connectivity index (χ2v) is 5.18. The van der Waals surface area contributed by atoms with Crippen LogP contribution >= 0.6 is 0 Å². The first kappa shape index (κ1) is 14.9. The smallest absolute Gasteiger partial charge is 0.103 e. The van der Waals surface area contributed by atoms with Crippen molar-refractivity contribution in [1.29, 1.82) is 0 Å². The van der Waals surface area contributed by atoms with Crippen LogP contribution in [0.2, 0.25) is 0 Å². The Bertz CT molecular complexity index is 502. The largest absolute Gasteiger partial charge is 0.469 e. The monoisotopic (exact) mass is 275 g/mol. The highest BCUT2D eigenvalue weighted by molar-refractivity contribution is 5.11. The molecule has 0 fully saturated rings. The predicted octanol–water partition coefficient (Wildman–Crippen LogP) is 2.73. The van der Waals surface area contributed by atoms with Crippen LogP contribution in [-0.4, -0.2) is 22.4 Å². The van der Waals surface area contributed by atoms with Crippen molar-refractivity contribution in [1.82, 2.24) is 15.1 Å². The number of furan rings is 1. The van der Waals surface area contributed by atoms with E-state index in [1.807, 2.05) is 23.9 Å². The number of hydrogen-bond acceptors (Lipinski definition) is 3. The first-order valence-electron chi connectivity index (χ1n) is 7.50. The summed E-state index contributed by atoms with van der Waals surface area (Å²) in [6.45, 7) is 5.28. The quantitative estimate of drug-likeness (QED) is 0.805. The Hall–Kier alpha value is -1.55. The van der Waals surface area contributed by atoms with E-state index in [1.54, 1.807) is 6.26 Å². The minimum absolute atomic E-state index is 0.463. The molecule has 4 heteroatoms. The molecule has 2 heterocycles. The second-order valence-electron chi connectivity index (χ2n) is 5.18. The van der Waals surface area contributed by atoms with Gasteiger partial charge in [0, 0.05) is 31.6 Å². The lowest BCUT2D eigenvalue weighted by atomic mass is 10.0. The topological polar surface area (TPSA) is 43.0 Å². The van der Waals surface area contributed by atoms with E-state index in [9.17, 15) is 0 Å². The molecule has 0 aliphatic carbocycles. The van der Waals surface area contributed by atoms with Crippen molar-refractivity contribution in [2.75, 3.05) is 6.54 Å². The molecule has 0 amide bonds. The number of rotatable bonds is 8. The second kappa shape index (κ2) is 7.29. The fraction of sp³-hybridized carbons (Fsp3) is 0.562. The van der Waals surface area contributed by atoms with Crippen LogP contribution in [-0.2, 0) is 26.3 Å². The van der Waals surface area contributed by atoms with Gasteiger partial charge in [0.15, 0.2) is 0 Å². The highest BCUT2D eigenvalue weighted by atomic mass is 16.3. The van der Waals surface area contributed by atoms with Crippen molar-refractivity contribution >= 4 is 0 Å². The normalized spacial score (nSPS) is 12.8. The van der Waals surface area contributed by atoms with Gasteiger partial charge in [0.2, 0.25) is 0 Å². The molecule has 2 rings (SSSR count). The summed E-state index contributed by atoms with van der Waals surface area (Å²) >= 11 is 0. The molecular formula is C16H25N3O. The van der Waals surface area contributed by atoms with Gasteiger partial charge in [0.1, 0.15) is 5.76 Å². The maximum atomic E-state index is 5.41. The lowest BCUT2D eigenvalue weighted by molar-refractivity contribution is 0.441. The fourth-order valence-corrected chi connectivity index (χ4v) is 2.52. The Morgan fingerprint density at radius 2 is 2.25 bits per heavy atom. The number of nitrogens with one attached hydrogen (secondary N) is 1. The molecule has 0 aliphatic heterocycles. The first-order valence-corrected chi connectivity index (χ1v) is 7.50. The summed E-state index contributed by atoms with van der Waals surface area (Å²) in [5, 5.41) is 8.09. The summed E-state index contributed by atoms with van der Waals surface area (Å²) in [5.74, 6) is 1.06. The molecule has 1 N–H and O–H groups in total. The summed E-state index contributed by atoms with van der Waals surface area (Å²) in [7, 11) is 2.03. The van der Waals surface area contributed by atoms with Gasteiger partial charge >= 0.3 is 0 Å². The Kier molecular flexibility index (Phi) is 5.41. The fourth-order valence-electron chi connectivity index (χ4n) is 2.52. The number of hydrogen-bond donors (Lipinski definition) is 1. The molecule has 0 aliphatic rings. The molecule has 20 heavy (non-hydrogen) atoms. The van der Waals surface area contributed by atoms with Gasteiger partial charge in [0.25, 0.3) is 0 Å². The Morgan fingerprint density at radius 1 is 1.40 bits per heavy atom. The van der Waals surface area contributed by atoms with Crippen molar-refractivity contribution in [3.8, 4) is 0 Å². The summed E-state index contributed by atoms with van der Waals surface area (Å²) in [6.07, 6.45) is 5.80. The molecule has 1 unspecified atom stereocenters. The van der Waals surface area contributed by atoms with Gasteiger partial charge in [-0.1, -0.05) is 13.8 Å². The Labute approximate surface area is 121 Å². The molecular weight excluding hydrogens is 250 g/mol. The van der Waals surface area contributed by atoms with Crippen LogP contribution in [0.3, 0.4) is 0 Å². The maximum absolute atomic E-state index is 5.41. The van der Waals surface area contributed by atoms with Crippen molar-refractivity contribution in [3.05, 3.63) is 41.6 Å². The molecule has 2 aromatic heterocycles. The number of aromatic nitrogens is 2. The van der Waals surface area contributed by atoms with Crippen LogP contribution in [0.1, 0.15) is 37.4 Å². The van der Waals surface area contributed by atoms with E-state index in [4.69, 9.17) is 4.42 Å². The van der Waals surface area contributed by atoms with E-state index in [1.165, 1.54) is 11.4 Å². The molecule has 4 nitrogen and oxygen atoms in total. The van der Waals surface area contributed by atoms with E-state index in [-0.39, 0.29) is 0 Å². The van der Waals surface area contributed by atoms with Crippen LogP contribution in [0.15, 0.2) is 28.9 Å². The minimum atomic E-state index is 0.463. The number of aryl methyl sites for hydroxylation is 3. The van der Waals surface area contributed by atoms with Crippen LogP contribution < -0.4 is 5.32 Å². The zero-order chi connectivity index (χ0) is 14.4. The third-order valence-corrected chi connectivity index (χ3v) is 3.66. The molecule has 0 radical (unpaired) electrons. The van der Waals surface area contributed by atoms with Crippen molar-refractivity contribution in [3.63, 3.8) is 0 Å². The summed E-state index contributed by atoms with van der Waals surface area (Å²) < 4.78 is 7.42. The highest BCUT2D eigenvalue weighted by Gasteiger charge is 2.13. The van der Waals surface area contributed by atoms with Crippen molar-refractivity contribution in [2.45, 2.75) is 45.6 Å². The lowest BCUT2D eigenvalue weighted by Gasteiger charge is -2.17. The average molecular weight is 275 g/mol. The Morgan fingerprint density at radius 3 is 2.85 bits per heavy atom. The van der Waals surface area contributed by atoms with Gasteiger partial charge in [0.05, 0.1) is 12.0 Å². The lowest BCUT2D eigenvalue weighted by Crippen LogP contribution is -2.32. The predicted molar refractivity (Wildman–Crippen MR) is 80.8 cm³/mol. The number of nitrogens with zero attached hydrogens (tertiary/aromatic N) is 2. The standard InChI is InChI=1S/C16H25N3O/c1-4-13-11-15(19(3)18-13)12-14(17-5-2)8-9-16-7-6-10-20-16/h6-7,10-11,14,17H,4-5,8-9,12H2,1-3H3. The van der Waals surface area contributed by atoms with Crippen LogP contribution in [0, 0.1) is 0 Å². The van der Waals surface area contributed by atoms with Gasteiger partial charge in [-0.15, -0.1) is 0 Å². The molecule has 0 saturated carbocycles. The van der Waals surface area contributed by atoms with E-state index < -0.39 is 0 Å². The maximum Gasteiger partial charge on any atom is 0.103 e. The molecule has 0 bridgehead atoms. The van der Waals surface area contributed by atoms with Gasteiger partial charge in [-0.25, -0.2) is 0 Å². The summed E-state index contributed by atoms with van der Waals surface area (Å²) in [4.78, 5) is 0. The third kappa shape index (κ3) is 3.97. The van der Waals surface area contributed by atoms with Gasteiger partial charge in [-0.05, 0) is 37.6 Å². The first-order chi connectivity index (χ1) is 9.72.